The Hall–Kier alpha value is -2.31. The molecule has 1 fully saturated rings. The maximum absolute atomic E-state index is 9.20. The summed E-state index contributed by atoms with van der Waals surface area (Å²) in [6.45, 7) is 7.71. The molecule has 3 heteroatoms. The van der Waals surface area contributed by atoms with E-state index in [2.05, 4.69) is 66.5 Å². The molecule has 0 unspecified atom stereocenters. The Balaban J connectivity index is 1.55. The first kappa shape index (κ1) is 18.5. The number of benzene rings is 2. The average Bonchev–Trinajstić information content (AvgIpc) is 2.66. The molecule has 1 aliphatic heterocycles. The van der Waals surface area contributed by atoms with E-state index in [1.807, 2.05) is 18.2 Å². The van der Waals surface area contributed by atoms with Crippen LogP contribution in [0.4, 0.5) is 11.4 Å². The van der Waals surface area contributed by atoms with E-state index in [1.54, 1.807) is 0 Å². The lowest BCUT2D eigenvalue weighted by Crippen LogP contribution is -2.42. The minimum absolute atomic E-state index is 0.217. The highest BCUT2D eigenvalue weighted by molar-refractivity contribution is 5.59. The van der Waals surface area contributed by atoms with Crippen molar-refractivity contribution in [3.63, 3.8) is 0 Å². The predicted molar refractivity (Wildman–Crippen MR) is 108 cm³/mol. The highest BCUT2D eigenvalue weighted by Crippen LogP contribution is 2.41. The fourth-order valence-electron chi connectivity index (χ4n) is 3.91. The van der Waals surface area contributed by atoms with E-state index in [0.717, 1.165) is 43.9 Å². The Morgan fingerprint density at radius 3 is 2.19 bits per heavy atom. The maximum Gasteiger partial charge on any atom is 0.0627 e. The normalized spacial score (nSPS) is 17.0. The molecule has 0 radical (unpaired) electrons. The topological polar surface area (TPSA) is 39.1 Å². The number of hydrogen-bond donors (Lipinski definition) is 1. The van der Waals surface area contributed by atoms with Gasteiger partial charge in [-0.3, -0.25) is 4.90 Å². The fourth-order valence-corrected chi connectivity index (χ4v) is 3.91. The molecular formula is C23H29N3. The van der Waals surface area contributed by atoms with E-state index in [4.69, 9.17) is 0 Å². The number of likely N-dealkylation sites (tertiary alicyclic amines) is 1. The molecule has 0 amide bonds. The zero-order valence-corrected chi connectivity index (χ0v) is 15.9. The SMILES string of the molecule is CC(C)C1(CC#N)CCN(Cc2ccc(Nc3ccccc3)cc2)CC1. The molecule has 3 nitrogen and oxygen atoms in total. The minimum atomic E-state index is 0.217. The van der Waals surface area contributed by atoms with E-state index in [9.17, 15) is 5.26 Å². The van der Waals surface area contributed by atoms with Crippen molar-refractivity contribution >= 4 is 11.4 Å². The van der Waals surface area contributed by atoms with Gasteiger partial charge in [-0.1, -0.05) is 44.2 Å². The zero-order valence-electron chi connectivity index (χ0n) is 15.9. The van der Waals surface area contributed by atoms with Gasteiger partial charge in [-0.05, 0) is 67.1 Å². The Morgan fingerprint density at radius 1 is 1.00 bits per heavy atom. The Morgan fingerprint density at radius 2 is 1.62 bits per heavy atom. The van der Waals surface area contributed by atoms with Crippen LogP contribution < -0.4 is 5.32 Å². The van der Waals surface area contributed by atoms with Crippen LogP contribution in [-0.4, -0.2) is 18.0 Å². The Kier molecular flexibility index (Phi) is 5.96. The van der Waals surface area contributed by atoms with Crippen LogP contribution in [0, 0.1) is 22.7 Å². The van der Waals surface area contributed by atoms with Gasteiger partial charge in [0.2, 0.25) is 0 Å². The molecule has 0 spiro atoms. The van der Waals surface area contributed by atoms with Crippen LogP contribution in [0.1, 0.15) is 38.7 Å². The molecule has 26 heavy (non-hydrogen) atoms. The third-order valence-corrected chi connectivity index (χ3v) is 5.93. The van der Waals surface area contributed by atoms with Crippen molar-refractivity contribution < 1.29 is 0 Å². The first-order chi connectivity index (χ1) is 12.6. The van der Waals surface area contributed by atoms with Crippen molar-refractivity contribution in [3.05, 3.63) is 60.2 Å². The van der Waals surface area contributed by atoms with E-state index < -0.39 is 0 Å². The second kappa shape index (κ2) is 8.38. The van der Waals surface area contributed by atoms with Crippen LogP contribution in [-0.2, 0) is 6.54 Å². The second-order valence-electron chi connectivity index (χ2n) is 7.82. The molecule has 0 saturated carbocycles. The van der Waals surface area contributed by atoms with Gasteiger partial charge in [0.05, 0.1) is 6.07 Å². The van der Waals surface area contributed by atoms with Gasteiger partial charge in [-0.2, -0.15) is 5.26 Å². The van der Waals surface area contributed by atoms with Crippen LogP contribution in [0.3, 0.4) is 0 Å². The summed E-state index contributed by atoms with van der Waals surface area (Å²) in [5.41, 5.74) is 3.79. The summed E-state index contributed by atoms with van der Waals surface area (Å²) >= 11 is 0. The molecule has 0 atom stereocenters. The molecule has 0 aromatic heterocycles. The Bertz CT molecular complexity index is 720. The molecule has 0 aliphatic carbocycles. The lowest BCUT2D eigenvalue weighted by Gasteiger charge is -2.43. The summed E-state index contributed by atoms with van der Waals surface area (Å²) in [5.74, 6) is 0.577. The van der Waals surface area contributed by atoms with Crippen molar-refractivity contribution in [1.82, 2.24) is 4.90 Å². The zero-order chi connectivity index (χ0) is 18.4. The molecule has 2 aromatic carbocycles. The highest BCUT2D eigenvalue weighted by atomic mass is 15.1. The first-order valence-corrected chi connectivity index (χ1v) is 9.62. The van der Waals surface area contributed by atoms with Crippen LogP contribution >= 0.6 is 0 Å². The average molecular weight is 348 g/mol. The third kappa shape index (κ3) is 4.45. The van der Waals surface area contributed by atoms with Gasteiger partial charge < -0.3 is 5.32 Å². The summed E-state index contributed by atoms with van der Waals surface area (Å²) < 4.78 is 0. The van der Waals surface area contributed by atoms with Crippen molar-refractivity contribution in [2.24, 2.45) is 11.3 Å². The van der Waals surface area contributed by atoms with Gasteiger partial charge in [0.1, 0.15) is 0 Å². The summed E-state index contributed by atoms with van der Waals surface area (Å²) in [5, 5.41) is 12.6. The second-order valence-corrected chi connectivity index (χ2v) is 7.82. The fraction of sp³-hybridized carbons (Fsp3) is 0.435. The number of anilines is 2. The number of rotatable bonds is 6. The third-order valence-electron chi connectivity index (χ3n) is 5.93. The Labute approximate surface area is 157 Å². The van der Waals surface area contributed by atoms with E-state index >= 15 is 0 Å². The van der Waals surface area contributed by atoms with Crippen molar-refractivity contribution in [2.45, 2.75) is 39.7 Å². The standard InChI is InChI=1S/C23H29N3/c1-19(2)23(12-15-24)13-16-26(17-14-23)18-20-8-10-22(11-9-20)25-21-6-4-3-5-7-21/h3-11,19,25H,12-14,16-18H2,1-2H3. The smallest absolute Gasteiger partial charge is 0.0627 e. The molecule has 1 N–H and O–H groups in total. The van der Waals surface area contributed by atoms with Crippen molar-refractivity contribution in [2.75, 3.05) is 18.4 Å². The van der Waals surface area contributed by atoms with Crippen LogP contribution in [0.2, 0.25) is 0 Å². The van der Waals surface area contributed by atoms with E-state index in [0.29, 0.717) is 12.3 Å². The molecule has 1 heterocycles. The number of hydrogen-bond acceptors (Lipinski definition) is 3. The summed E-state index contributed by atoms with van der Waals surface area (Å²) in [4.78, 5) is 2.53. The largest absolute Gasteiger partial charge is 0.356 e. The number of para-hydroxylation sites is 1. The quantitative estimate of drug-likeness (QED) is 0.741. The first-order valence-electron chi connectivity index (χ1n) is 9.62. The van der Waals surface area contributed by atoms with Gasteiger partial charge in [0, 0.05) is 24.3 Å². The molecular weight excluding hydrogens is 318 g/mol. The highest BCUT2D eigenvalue weighted by Gasteiger charge is 2.37. The summed E-state index contributed by atoms with van der Waals surface area (Å²) in [6.07, 6.45) is 2.95. The molecule has 136 valence electrons. The molecule has 0 bridgehead atoms. The van der Waals surface area contributed by atoms with Gasteiger partial charge in [-0.25, -0.2) is 0 Å². The summed E-state index contributed by atoms with van der Waals surface area (Å²) in [7, 11) is 0. The number of nitrogens with one attached hydrogen (secondary N) is 1. The van der Waals surface area contributed by atoms with Crippen LogP contribution in [0.15, 0.2) is 54.6 Å². The van der Waals surface area contributed by atoms with Crippen LogP contribution in [0.5, 0.6) is 0 Å². The number of piperidine rings is 1. The van der Waals surface area contributed by atoms with Crippen molar-refractivity contribution in [3.8, 4) is 6.07 Å². The number of nitrogens with zero attached hydrogens (tertiary/aromatic N) is 2. The number of nitriles is 1. The van der Waals surface area contributed by atoms with Crippen molar-refractivity contribution in [1.29, 1.82) is 5.26 Å². The lowest BCUT2D eigenvalue weighted by molar-refractivity contribution is 0.0617. The maximum atomic E-state index is 9.20. The molecule has 3 rings (SSSR count). The van der Waals surface area contributed by atoms with Crippen LogP contribution in [0.25, 0.3) is 0 Å². The molecule has 2 aromatic rings. The van der Waals surface area contributed by atoms with Gasteiger partial charge >= 0.3 is 0 Å². The van der Waals surface area contributed by atoms with E-state index in [-0.39, 0.29) is 5.41 Å². The molecule has 1 aliphatic rings. The minimum Gasteiger partial charge on any atom is -0.356 e. The monoisotopic (exact) mass is 347 g/mol. The summed E-state index contributed by atoms with van der Waals surface area (Å²) in [6, 6.07) is 21.4. The lowest BCUT2D eigenvalue weighted by atomic mass is 9.68. The predicted octanol–water partition coefficient (Wildman–Crippen LogP) is 5.58. The molecule has 1 saturated heterocycles. The van der Waals surface area contributed by atoms with Gasteiger partial charge in [-0.15, -0.1) is 0 Å². The van der Waals surface area contributed by atoms with E-state index in [1.165, 1.54) is 5.56 Å². The van der Waals surface area contributed by atoms with Gasteiger partial charge in [0.25, 0.3) is 0 Å². The van der Waals surface area contributed by atoms with Gasteiger partial charge in [0.15, 0.2) is 0 Å².